The van der Waals surface area contributed by atoms with Crippen LogP contribution in [0.25, 0.3) is 0 Å². The Bertz CT molecular complexity index is 280. The Morgan fingerprint density at radius 1 is 1.13 bits per heavy atom. The Kier molecular flexibility index (Phi) is 6.01. The van der Waals surface area contributed by atoms with Gasteiger partial charge >= 0.3 is 11.9 Å². The second-order valence-corrected chi connectivity index (χ2v) is 2.74. The number of carbonyl (C=O) groups is 3. The van der Waals surface area contributed by atoms with Gasteiger partial charge in [-0.1, -0.05) is 13.5 Å². The van der Waals surface area contributed by atoms with Crippen molar-refractivity contribution in [3.63, 3.8) is 0 Å². The molecule has 0 aliphatic rings. The molecule has 0 spiro atoms. The smallest absolute Gasteiger partial charge is 0.341 e. The third-order valence-electron chi connectivity index (χ3n) is 1.54. The molecule has 0 radical (unpaired) electrons. The Balaban J connectivity index is 3.69. The molecule has 0 aliphatic heterocycles. The lowest BCUT2D eigenvalue weighted by atomic mass is 10.2. The van der Waals surface area contributed by atoms with Crippen molar-refractivity contribution in [3.05, 3.63) is 12.2 Å². The molecule has 0 aromatic heterocycles. The van der Waals surface area contributed by atoms with E-state index < -0.39 is 11.8 Å². The molecule has 5 heteroatoms. The first-order chi connectivity index (χ1) is 6.99. The van der Waals surface area contributed by atoms with Crippen molar-refractivity contribution in [2.24, 2.45) is 0 Å². The zero-order chi connectivity index (χ0) is 11.8. The minimum Gasteiger partial charge on any atom is -0.462 e. The van der Waals surface area contributed by atoms with Gasteiger partial charge < -0.3 is 9.47 Å². The molecular weight excluding hydrogens is 200 g/mol. The van der Waals surface area contributed by atoms with Gasteiger partial charge in [-0.25, -0.2) is 4.79 Å². The number of carbonyl (C=O) groups excluding carboxylic acids is 3. The van der Waals surface area contributed by atoms with E-state index in [-0.39, 0.29) is 31.2 Å². The molecule has 0 heterocycles. The summed E-state index contributed by atoms with van der Waals surface area (Å²) in [4.78, 5) is 32.4. The minimum absolute atomic E-state index is 0.0103. The van der Waals surface area contributed by atoms with Gasteiger partial charge in [-0.15, -0.1) is 0 Å². The second kappa shape index (κ2) is 6.75. The van der Waals surface area contributed by atoms with E-state index in [9.17, 15) is 14.4 Å². The van der Waals surface area contributed by atoms with Crippen LogP contribution in [0.15, 0.2) is 12.2 Å². The average molecular weight is 214 g/mol. The van der Waals surface area contributed by atoms with Crippen molar-refractivity contribution < 1.29 is 23.9 Å². The highest BCUT2D eigenvalue weighted by Gasteiger charge is 2.12. The van der Waals surface area contributed by atoms with E-state index in [4.69, 9.17) is 0 Å². The van der Waals surface area contributed by atoms with Gasteiger partial charge in [0.1, 0.15) is 13.2 Å². The molecule has 0 saturated heterocycles. The summed E-state index contributed by atoms with van der Waals surface area (Å²) in [7, 11) is 0. The summed E-state index contributed by atoms with van der Waals surface area (Å²) in [5, 5.41) is 0. The first-order valence-electron chi connectivity index (χ1n) is 4.51. The number of hydrogen-bond donors (Lipinski definition) is 0. The predicted molar refractivity (Wildman–Crippen MR) is 52.0 cm³/mol. The lowest BCUT2D eigenvalue weighted by molar-refractivity contribution is -0.150. The molecule has 0 fully saturated rings. The summed E-state index contributed by atoms with van der Waals surface area (Å²) >= 11 is 0. The monoisotopic (exact) mass is 214 g/mol. The Labute approximate surface area is 88.0 Å². The van der Waals surface area contributed by atoms with Gasteiger partial charge in [-0.2, -0.15) is 0 Å². The highest BCUT2D eigenvalue weighted by molar-refractivity contribution is 6.15. The summed E-state index contributed by atoms with van der Waals surface area (Å²) in [5.74, 6) is -1.59. The van der Waals surface area contributed by atoms with Crippen LogP contribution in [0.4, 0.5) is 0 Å². The van der Waals surface area contributed by atoms with Crippen LogP contribution in [0, 0.1) is 0 Å². The second-order valence-electron chi connectivity index (χ2n) is 2.74. The SMILES string of the molecule is C=C(C(C)=O)C(=O)OCCOC(=O)CC. The first kappa shape index (κ1) is 13.4. The highest BCUT2D eigenvalue weighted by Crippen LogP contribution is 1.96. The number of ether oxygens (including phenoxy) is 2. The molecule has 0 unspecified atom stereocenters. The van der Waals surface area contributed by atoms with Crippen molar-refractivity contribution in [2.75, 3.05) is 13.2 Å². The fourth-order valence-corrected chi connectivity index (χ4v) is 0.623. The fraction of sp³-hybridized carbons (Fsp3) is 0.500. The molecule has 0 aliphatic carbocycles. The lowest BCUT2D eigenvalue weighted by Crippen LogP contribution is -2.17. The zero-order valence-electron chi connectivity index (χ0n) is 8.87. The van der Waals surface area contributed by atoms with Gasteiger partial charge in [-0.3, -0.25) is 9.59 Å². The molecule has 15 heavy (non-hydrogen) atoms. The van der Waals surface area contributed by atoms with Crippen molar-refractivity contribution in [1.29, 1.82) is 0 Å². The lowest BCUT2D eigenvalue weighted by Gasteiger charge is -2.05. The minimum atomic E-state index is -0.782. The summed E-state index contributed by atoms with van der Waals surface area (Å²) in [6, 6.07) is 0. The molecule has 0 saturated carbocycles. The maximum atomic E-state index is 11.0. The van der Waals surface area contributed by atoms with Gasteiger partial charge in [0, 0.05) is 6.42 Å². The fourth-order valence-electron chi connectivity index (χ4n) is 0.623. The van der Waals surface area contributed by atoms with Crippen LogP contribution in [-0.2, 0) is 23.9 Å². The number of Topliss-reactive ketones (excluding diaryl/α,β-unsaturated/α-hetero) is 1. The van der Waals surface area contributed by atoms with Crippen LogP contribution in [0.2, 0.25) is 0 Å². The van der Waals surface area contributed by atoms with Gasteiger partial charge in [0.05, 0.1) is 5.57 Å². The maximum absolute atomic E-state index is 11.0. The van der Waals surface area contributed by atoms with Gasteiger partial charge in [0.2, 0.25) is 0 Å². The quantitative estimate of drug-likeness (QED) is 0.213. The molecule has 0 aromatic carbocycles. The van der Waals surface area contributed by atoms with E-state index in [1.165, 1.54) is 6.92 Å². The van der Waals surface area contributed by atoms with E-state index in [0.717, 1.165) is 0 Å². The van der Waals surface area contributed by atoms with E-state index in [1.54, 1.807) is 6.92 Å². The molecular formula is C10H14O5. The van der Waals surface area contributed by atoms with Gasteiger partial charge in [-0.05, 0) is 6.92 Å². The summed E-state index contributed by atoms with van der Waals surface area (Å²) < 4.78 is 9.27. The molecule has 0 rings (SSSR count). The van der Waals surface area contributed by atoms with Crippen LogP contribution in [0.5, 0.6) is 0 Å². The molecule has 0 atom stereocenters. The number of ketones is 1. The van der Waals surface area contributed by atoms with Crippen LogP contribution in [0.1, 0.15) is 20.3 Å². The summed E-state index contributed by atoms with van der Waals surface area (Å²) in [6.07, 6.45) is 0.272. The van der Waals surface area contributed by atoms with Crippen molar-refractivity contribution >= 4 is 17.7 Å². The zero-order valence-corrected chi connectivity index (χ0v) is 8.87. The molecule has 5 nitrogen and oxygen atoms in total. The Morgan fingerprint density at radius 3 is 2.13 bits per heavy atom. The Hall–Kier alpha value is -1.65. The van der Waals surface area contributed by atoms with Crippen LogP contribution in [-0.4, -0.2) is 30.9 Å². The third-order valence-corrected chi connectivity index (χ3v) is 1.54. The van der Waals surface area contributed by atoms with Crippen molar-refractivity contribution in [3.8, 4) is 0 Å². The number of esters is 2. The molecule has 0 N–H and O–H groups in total. The van der Waals surface area contributed by atoms with Gasteiger partial charge in [0.25, 0.3) is 0 Å². The average Bonchev–Trinajstić information content (AvgIpc) is 2.22. The van der Waals surface area contributed by atoms with E-state index in [2.05, 4.69) is 16.1 Å². The van der Waals surface area contributed by atoms with E-state index in [0.29, 0.717) is 0 Å². The predicted octanol–water partition coefficient (Wildman–Crippen LogP) is 0.628. The molecule has 0 aromatic rings. The van der Waals surface area contributed by atoms with Crippen molar-refractivity contribution in [2.45, 2.75) is 20.3 Å². The number of hydrogen-bond acceptors (Lipinski definition) is 5. The Morgan fingerprint density at radius 2 is 1.67 bits per heavy atom. The topological polar surface area (TPSA) is 69.7 Å². The van der Waals surface area contributed by atoms with E-state index in [1.807, 2.05) is 0 Å². The summed E-state index contributed by atoms with van der Waals surface area (Å²) in [6.45, 7) is 6.05. The molecule has 0 bridgehead atoms. The van der Waals surface area contributed by atoms with Gasteiger partial charge in [0.15, 0.2) is 5.78 Å². The standard InChI is InChI=1S/C10H14O5/c1-4-9(12)14-5-6-15-10(13)7(2)8(3)11/h2,4-6H2,1,3H3. The normalized spacial score (nSPS) is 9.20. The highest BCUT2D eigenvalue weighted by atomic mass is 16.6. The third kappa shape index (κ3) is 5.61. The molecule has 0 amide bonds. The largest absolute Gasteiger partial charge is 0.462 e. The van der Waals surface area contributed by atoms with Crippen LogP contribution < -0.4 is 0 Å². The van der Waals surface area contributed by atoms with Crippen molar-refractivity contribution in [1.82, 2.24) is 0 Å². The molecule has 84 valence electrons. The first-order valence-corrected chi connectivity index (χ1v) is 4.51. The van der Waals surface area contributed by atoms with E-state index >= 15 is 0 Å². The maximum Gasteiger partial charge on any atom is 0.341 e. The summed E-state index contributed by atoms with van der Waals surface area (Å²) in [5.41, 5.74) is -0.211. The van der Waals surface area contributed by atoms with Crippen LogP contribution in [0.3, 0.4) is 0 Å². The number of rotatable bonds is 6. The van der Waals surface area contributed by atoms with Crippen LogP contribution >= 0.6 is 0 Å².